The molecule has 0 radical (unpaired) electrons. The largest absolute Gasteiger partial charge is 0.507 e. The molecule has 0 atom stereocenters. The Hall–Kier alpha value is -1.42. The lowest BCUT2D eigenvalue weighted by Crippen LogP contribution is -2.31. The van der Waals surface area contributed by atoms with E-state index in [1.165, 1.54) is 34.1 Å². The molecule has 0 aliphatic carbocycles. The van der Waals surface area contributed by atoms with Gasteiger partial charge < -0.3 is 14.2 Å². The van der Waals surface area contributed by atoms with E-state index in [9.17, 15) is 14.5 Å². The van der Waals surface area contributed by atoms with Gasteiger partial charge in [0.05, 0.1) is 0 Å². The van der Waals surface area contributed by atoms with Crippen LogP contribution in [0.4, 0.5) is 0 Å². The number of aromatic hydroxyl groups is 1. The van der Waals surface area contributed by atoms with Gasteiger partial charge in [-0.15, -0.1) is 0 Å². The molecule has 0 amide bonds. The van der Waals surface area contributed by atoms with Gasteiger partial charge in [-0.05, 0) is 48.5 Å². The van der Waals surface area contributed by atoms with Crippen LogP contribution in [0.2, 0.25) is 0 Å². The number of carbonyl (C=O) groups excluding carboxylic acids is 1. The van der Waals surface area contributed by atoms with E-state index in [0.29, 0.717) is 5.56 Å². The van der Waals surface area contributed by atoms with E-state index < -0.39 is 18.5 Å². The minimum absolute atomic E-state index is 0.124. The third kappa shape index (κ3) is 4.94. The Morgan fingerprint density at radius 3 is 1.86 bits per heavy atom. The van der Waals surface area contributed by atoms with Crippen molar-refractivity contribution in [3.8, 4) is 5.75 Å². The van der Waals surface area contributed by atoms with Crippen molar-refractivity contribution in [3.63, 3.8) is 0 Å². The SMILES string of the molecule is COP(=O)(OC)C(C)(C)C(=O)C=Cc1cc(C(C)(C)C)cc(C(C)(C)C)c1O. The van der Waals surface area contributed by atoms with Crippen LogP contribution in [0, 0.1) is 0 Å². The Bertz CT molecular complexity index is 799. The summed E-state index contributed by atoms with van der Waals surface area (Å²) in [6.45, 7) is 15.4. The zero-order chi connectivity index (χ0) is 22.1. The molecule has 1 rings (SSSR count). The predicted molar refractivity (Wildman–Crippen MR) is 115 cm³/mol. The monoisotopic (exact) mass is 410 g/mol. The maximum atomic E-state index is 12.8. The number of hydrogen-bond donors (Lipinski definition) is 1. The molecular weight excluding hydrogens is 375 g/mol. The molecule has 158 valence electrons. The maximum Gasteiger partial charge on any atom is 0.343 e. The first kappa shape index (κ1) is 24.6. The highest BCUT2D eigenvalue weighted by atomic mass is 31.2. The summed E-state index contributed by atoms with van der Waals surface area (Å²) in [5.41, 5.74) is 2.03. The Morgan fingerprint density at radius 2 is 1.46 bits per heavy atom. The molecule has 0 aliphatic heterocycles. The van der Waals surface area contributed by atoms with Crippen molar-refractivity contribution in [2.45, 2.75) is 71.4 Å². The van der Waals surface area contributed by atoms with Crippen LogP contribution in [0.15, 0.2) is 18.2 Å². The van der Waals surface area contributed by atoms with Crippen LogP contribution in [0.1, 0.15) is 72.1 Å². The second kappa shape index (κ2) is 8.14. The van der Waals surface area contributed by atoms with Gasteiger partial charge in [-0.1, -0.05) is 47.6 Å². The number of rotatable bonds is 6. The third-order valence-corrected chi connectivity index (χ3v) is 7.55. The lowest BCUT2D eigenvalue weighted by molar-refractivity contribution is -0.116. The van der Waals surface area contributed by atoms with Crippen LogP contribution >= 0.6 is 7.60 Å². The first-order chi connectivity index (χ1) is 12.5. The summed E-state index contributed by atoms with van der Waals surface area (Å²) in [7, 11) is -1.09. The molecule has 0 unspecified atom stereocenters. The van der Waals surface area contributed by atoms with Crippen molar-refractivity contribution in [3.05, 3.63) is 34.9 Å². The van der Waals surface area contributed by atoms with Crippen LogP contribution < -0.4 is 0 Å². The van der Waals surface area contributed by atoms with E-state index in [4.69, 9.17) is 9.05 Å². The summed E-state index contributed by atoms with van der Waals surface area (Å²) >= 11 is 0. The molecule has 0 heterocycles. The van der Waals surface area contributed by atoms with Gasteiger partial charge in [-0.3, -0.25) is 9.36 Å². The minimum Gasteiger partial charge on any atom is -0.507 e. The molecule has 0 fully saturated rings. The smallest absolute Gasteiger partial charge is 0.343 e. The molecule has 1 N–H and O–H groups in total. The Balaban J connectivity index is 3.49. The van der Waals surface area contributed by atoms with Gasteiger partial charge >= 0.3 is 7.60 Å². The number of phenolic OH excluding ortho intramolecular Hbond substituents is 1. The first-order valence-electron chi connectivity index (χ1n) is 9.33. The fraction of sp³-hybridized carbons (Fsp3) is 0.591. The highest BCUT2D eigenvalue weighted by molar-refractivity contribution is 7.56. The van der Waals surface area contributed by atoms with E-state index in [1.807, 2.05) is 32.9 Å². The molecule has 0 saturated heterocycles. The minimum atomic E-state index is -3.61. The van der Waals surface area contributed by atoms with Crippen molar-refractivity contribution in [1.82, 2.24) is 0 Å². The molecule has 6 heteroatoms. The van der Waals surface area contributed by atoms with E-state index in [0.717, 1.165) is 11.1 Å². The predicted octanol–water partition coefficient (Wildman–Crippen LogP) is 5.83. The van der Waals surface area contributed by atoms with Crippen LogP contribution in [0.25, 0.3) is 6.08 Å². The standard InChI is InChI=1S/C22H35O5P/c1-20(2,3)16-13-15(19(24)17(14-16)21(4,5)6)11-12-18(23)22(7,8)28(25,26-9)27-10/h11-14,24H,1-10H3. The average Bonchev–Trinajstić information content (AvgIpc) is 2.57. The Morgan fingerprint density at radius 1 is 0.964 bits per heavy atom. The number of benzene rings is 1. The number of carbonyl (C=O) groups is 1. The summed E-state index contributed by atoms with van der Waals surface area (Å²) in [6, 6.07) is 3.90. The van der Waals surface area contributed by atoms with Crippen LogP contribution in [-0.4, -0.2) is 30.3 Å². The summed E-state index contributed by atoms with van der Waals surface area (Å²) in [4.78, 5) is 12.8. The lowest BCUT2D eigenvalue weighted by Gasteiger charge is -2.29. The summed E-state index contributed by atoms with van der Waals surface area (Å²) in [5.74, 6) is -0.263. The molecule has 5 nitrogen and oxygen atoms in total. The molecule has 28 heavy (non-hydrogen) atoms. The van der Waals surface area contributed by atoms with Gasteiger partial charge in [0.15, 0.2) is 5.78 Å². The highest BCUT2D eigenvalue weighted by Gasteiger charge is 2.47. The van der Waals surface area contributed by atoms with Crippen LogP contribution in [-0.2, 0) is 29.2 Å². The molecule has 1 aromatic rings. The summed E-state index contributed by atoms with van der Waals surface area (Å²) < 4.78 is 22.7. The zero-order valence-electron chi connectivity index (χ0n) is 18.8. The van der Waals surface area contributed by atoms with Gasteiger partial charge in [-0.25, -0.2) is 0 Å². The Labute approximate surface area is 169 Å². The number of phenols is 1. The van der Waals surface area contributed by atoms with Crippen molar-refractivity contribution < 1.29 is 23.5 Å². The fourth-order valence-corrected chi connectivity index (χ4v) is 4.23. The van der Waals surface area contributed by atoms with Gasteiger partial charge in [0, 0.05) is 25.3 Å². The van der Waals surface area contributed by atoms with Gasteiger partial charge in [0.1, 0.15) is 10.9 Å². The van der Waals surface area contributed by atoms with E-state index in [-0.39, 0.29) is 16.6 Å². The van der Waals surface area contributed by atoms with Crippen molar-refractivity contribution in [2.75, 3.05) is 14.2 Å². The lowest BCUT2D eigenvalue weighted by atomic mass is 9.79. The highest BCUT2D eigenvalue weighted by Crippen LogP contribution is 2.59. The van der Waals surface area contributed by atoms with E-state index >= 15 is 0 Å². The van der Waals surface area contributed by atoms with Gasteiger partial charge in [0.25, 0.3) is 0 Å². The first-order valence-corrected chi connectivity index (χ1v) is 10.9. The average molecular weight is 410 g/mol. The van der Waals surface area contributed by atoms with Gasteiger partial charge in [-0.2, -0.15) is 0 Å². The summed E-state index contributed by atoms with van der Waals surface area (Å²) in [5, 5.41) is 9.47. The quantitative estimate of drug-likeness (QED) is 0.471. The second-order valence-electron chi connectivity index (χ2n) is 9.58. The van der Waals surface area contributed by atoms with E-state index in [2.05, 4.69) is 20.8 Å². The Kier molecular flexibility index (Phi) is 7.15. The van der Waals surface area contributed by atoms with Crippen molar-refractivity contribution >= 4 is 19.5 Å². The van der Waals surface area contributed by atoms with Crippen LogP contribution in [0.5, 0.6) is 5.75 Å². The van der Waals surface area contributed by atoms with Crippen LogP contribution in [0.3, 0.4) is 0 Å². The van der Waals surface area contributed by atoms with Crippen molar-refractivity contribution in [2.24, 2.45) is 0 Å². The molecule has 0 aromatic heterocycles. The number of ketones is 1. The molecule has 1 aromatic carbocycles. The van der Waals surface area contributed by atoms with E-state index in [1.54, 1.807) is 6.08 Å². The van der Waals surface area contributed by atoms with Gasteiger partial charge in [0.2, 0.25) is 0 Å². The molecule has 0 bridgehead atoms. The zero-order valence-corrected chi connectivity index (χ0v) is 19.7. The number of hydrogen-bond acceptors (Lipinski definition) is 5. The number of allylic oxidation sites excluding steroid dienone is 1. The topological polar surface area (TPSA) is 72.8 Å². The van der Waals surface area contributed by atoms with Crippen molar-refractivity contribution in [1.29, 1.82) is 0 Å². The molecule has 0 aliphatic rings. The maximum absolute atomic E-state index is 12.8. The fourth-order valence-electron chi connectivity index (χ4n) is 2.82. The molecular formula is C22H35O5P. The second-order valence-corrected chi connectivity index (χ2v) is 12.4. The third-order valence-electron chi connectivity index (χ3n) is 5.00. The normalized spacial score (nSPS) is 13.9. The summed E-state index contributed by atoms with van der Waals surface area (Å²) in [6.07, 6.45) is 2.90. The molecule has 0 saturated carbocycles. The molecule has 0 spiro atoms.